The van der Waals surface area contributed by atoms with E-state index in [1.54, 1.807) is 0 Å². The minimum absolute atomic E-state index is 0. The molecule has 2 rings (SSSR count). The lowest BCUT2D eigenvalue weighted by Gasteiger charge is -2.28. The Morgan fingerprint density at radius 2 is 2.11 bits per heavy atom. The van der Waals surface area contributed by atoms with Gasteiger partial charge in [-0.2, -0.15) is 0 Å². The molecule has 18 heavy (non-hydrogen) atoms. The van der Waals surface area contributed by atoms with E-state index in [2.05, 4.69) is 24.1 Å². The van der Waals surface area contributed by atoms with Gasteiger partial charge in [0.05, 0.1) is 0 Å². The number of halogens is 1. The zero-order valence-electron chi connectivity index (χ0n) is 11.7. The summed E-state index contributed by atoms with van der Waals surface area (Å²) in [5, 5.41) is 3.47. The lowest BCUT2D eigenvalue weighted by Crippen LogP contribution is -2.39. The number of nitrogens with one attached hydrogen (secondary N) is 1. The normalized spacial score (nSPS) is 27.6. The molecule has 4 heteroatoms. The lowest BCUT2D eigenvalue weighted by atomic mass is 10.0. The Morgan fingerprint density at radius 3 is 2.72 bits per heavy atom. The summed E-state index contributed by atoms with van der Waals surface area (Å²) in [5.74, 6) is 0.987. The van der Waals surface area contributed by atoms with Crippen LogP contribution in [0, 0.1) is 5.92 Å². The highest BCUT2D eigenvalue weighted by Crippen LogP contribution is 2.25. The number of amides is 1. The first-order valence-corrected chi connectivity index (χ1v) is 7.21. The van der Waals surface area contributed by atoms with Gasteiger partial charge in [0.1, 0.15) is 0 Å². The Balaban J connectivity index is 0.00000162. The Hall–Kier alpha value is -0.280. The summed E-state index contributed by atoms with van der Waals surface area (Å²) in [6.07, 6.45) is 6.68. The van der Waals surface area contributed by atoms with Crippen molar-refractivity contribution in [3.8, 4) is 0 Å². The highest BCUT2D eigenvalue weighted by atomic mass is 35.5. The Kier molecular flexibility index (Phi) is 6.44. The topological polar surface area (TPSA) is 32.3 Å². The number of hydrogen-bond donors (Lipinski definition) is 1. The Bertz CT molecular complexity index is 265. The highest BCUT2D eigenvalue weighted by Gasteiger charge is 2.30. The van der Waals surface area contributed by atoms with E-state index in [4.69, 9.17) is 0 Å². The molecule has 2 atom stereocenters. The summed E-state index contributed by atoms with van der Waals surface area (Å²) in [6.45, 7) is 6.58. The van der Waals surface area contributed by atoms with Crippen LogP contribution in [0.2, 0.25) is 0 Å². The molecule has 0 aliphatic carbocycles. The van der Waals surface area contributed by atoms with Crippen molar-refractivity contribution in [1.29, 1.82) is 0 Å². The van der Waals surface area contributed by atoms with Gasteiger partial charge < -0.3 is 10.2 Å². The monoisotopic (exact) mass is 274 g/mol. The molecule has 2 fully saturated rings. The van der Waals surface area contributed by atoms with Crippen molar-refractivity contribution < 1.29 is 4.79 Å². The molecule has 2 aliphatic rings. The van der Waals surface area contributed by atoms with Crippen LogP contribution in [0.1, 0.15) is 52.4 Å². The van der Waals surface area contributed by atoms with Crippen LogP contribution >= 0.6 is 12.4 Å². The number of carbonyl (C=O) groups excluding carboxylic acids is 1. The zero-order chi connectivity index (χ0) is 12.3. The third-order valence-electron chi connectivity index (χ3n) is 4.26. The molecule has 0 aromatic rings. The van der Waals surface area contributed by atoms with Crippen molar-refractivity contribution in [3.05, 3.63) is 0 Å². The van der Waals surface area contributed by atoms with Crippen LogP contribution in [-0.4, -0.2) is 36.0 Å². The second-order valence-electron chi connectivity index (χ2n) is 5.87. The second kappa shape index (κ2) is 7.34. The molecule has 2 heterocycles. The first-order chi connectivity index (χ1) is 8.18. The Labute approximate surface area is 117 Å². The van der Waals surface area contributed by atoms with Crippen molar-refractivity contribution in [2.45, 2.75) is 64.5 Å². The molecule has 1 amide bonds. The lowest BCUT2D eigenvalue weighted by molar-refractivity contribution is -0.132. The smallest absolute Gasteiger partial charge is 0.222 e. The third kappa shape index (κ3) is 3.86. The predicted octanol–water partition coefficient (Wildman–Crippen LogP) is 2.59. The molecule has 0 radical (unpaired) electrons. The highest BCUT2D eigenvalue weighted by molar-refractivity contribution is 5.85. The molecule has 0 spiro atoms. The average Bonchev–Trinajstić information content (AvgIpc) is 2.96. The molecule has 0 aromatic heterocycles. The van der Waals surface area contributed by atoms with Crippen molar-refractivity contribution in [2.75, 3.05) is 13.1 Å². The van der Waals surface area contributed by atoms with Crippen LogP contribution in [0.4, 0.5) is 0 Å². The quantitative estimate of drug-likeness (QED) is 0.855. The van der Waals surface area contributed by atoms with E-state index in [0.717, 1.165) is 25.9 Å². The van der Waals surface area contributed by atoms with E-state index in [1.807, 2.05) is 0 Å². The number of likely N-dealkylation sites (tertiary alicyclic amines) is 1. The van der Waals surface area contributed by atoms with Gasteiger partial charge in [0.15, 0.2) is 0 Å². The summed E-state index contributed by atoms with van der Waals surface area (Å²) in [5.41, 5.74) is 0. The van der Waals surface area contributed by atoms with Crippen LogP contribution < -0.4 is 5.32 Å². The second-order valence-corrected chi connectivity index (χ2v) is 5.87. The fourth-order valence-corrected chi connectivity index (χ4v) is 3.24. The summed E-state index contributed by atoms with van der Waals surface area (Å²) in [4.78, 5) is 14.4. The molecule has 0 aromatic carbocycles. The van der Waals surface area contributed by atoms with Gasteiger partial charge in [-0.15, -0.1) is 12.4 Å². The van der Waals surface area contributed by atoms with Crippen LogP contribution in [0.15, 0.2) is 0 Å². The predicted molar refractivity (Wildman–Crippen MR) is 77.1 cm³/mol. The van der Waals surface area contributed by atoms with Crippen molar-refractivity contribution >= 4 is 18.3 Å². The van der Waals surface area contributed by atoms with E-state index >= 15 is 0 Å². The van der Waals surface area contributed by atoms with Gasteiger partial charge in [-0.05, 0) is 44.6 Å². The van der Waals surface area contributed by atoms with Crippen LogP contribution in [0.3, 0.4) is 0 Å². The molecular weight excluding hydrogens is 248 g/mol. The standard InChI is InChI=1S/C14H26N2O.ClH/c1-11(2)13-6-4-10-16(13)14(17)8-7-12-5-3-9-15-12;/h11-13,15H,3-10H2,1-2H3;1H. The number of nitrogens with zero attached hydrogens (tertiary/aromatic N) is 1. The maximum Gasteiger partial charge on any atom is 0.222 e. The van der Waals surface area contributed by atoms with Crippen LogP contribution in [0.25, 0.3) is 0 Å². The van der Waals surface area contributed by atoms with Gasteiger partial charge in [0.25, 0.3) is 0 Å². The number of hydrogen-bond acceptors (Lipinski definition) is 2. The summed E-state index contributed by atoms with van der Waals surface area (Å²) >= 11 is 0. The maximum absolute atomic E-state index is 12.2. The van der Waals surface area contributed by atoms with Crippen LogP contribution in [0.5, 0.6) is 0 Å². The number of carbonyl (C=O) groups is 1. The summed E-state index contributed by atoms with van der Waals surface area (Å²) in [7, 11) is 0. The summed E-state index contributed by atoms with van der Waals surface area (Å²) in [6, 6.07) is 1.10. The average molecular weight is 275 g/mol. The molecule has 0 saturated carbocycles. The SMILES string of the molecule is CC(C)C1CCCN1C(=O)CCC1CCCN1.Cl. The third-order valence-corrected chi connectivity index (χ3v) is 4.26. The van der Waals surface area contributed by atoms with Crippen molar-refractivity contribution in [2.24, 2.45) is 5.92 Å². The van der Waals surface area contributed by atoms with Crippen molar-refractivity contribution in [1.82, 2.24) is 10.2 Å². The zero-order valence-corrected chi connectivity index (χ0v) is 12.5. The van der Waals surface area contributed by atoms with Gasteiger partial charge in [-0.1, -0.05) is 13.8 Å². The molecule has 1 N–H and O–H groups in total. The van der Waals surface area contributed by atoms with E-state index < -0.39 is 0 Å². The molecule has 3 nitrogen and oxygen atoms in total. The Morgan fingerprint density at radius 1 is 1.33 bits per heavy atom. The largest absolute Gasteiger partial charge is 0.339 e. The van der Waals surface area contributed by atoms with Gasteiger partial charge in [-0.3, -0.25) is 4.79 Å². The molecular formula is C14H27ClN2O. The van der Waals surface area contributed by atoms with E-state index in [0.29, 0.717) is 23.9 Å². The maximum atomic E-state index is 12.2. The van der Waals surface area contributed by atoms with E-state index in [-0.39, 0.29) is 12.4 Å². The minimum atomic E-state index is 0. The molecule has 106 valence electrons. The molecule has 2 saturated heterocycles. The van der Waals surface area contributed by atoms with E-state index in [9.17, 15) is 4.79 Å². The van der Waals surface area contributed by atoms with Crippen LogP contribution in [-0.2, 0) is 4.79 Å². The minimum Gasteiger partial charge on any atom is -0.339 e. The molecule has 2 unspecified atom stereocenters. The van der Waals surface area contributed by atoms with Gasteiger partial charge in [0.2, 0.25) is 5.91 Å². The van der Waals surface area contributed by atoms with Gasteiger partial charge >= 0.3 is 0 Å². The molecule has 0 bridgehead atoms. The van der Waals surface area contributed by atoms with Crippen molar-refractivity contribution in [3.63, 3.8) is 0 Å². The van der Waals surface area contributed by atoms with Gasteiger partial charge in [-0.25, -0.2) is 0 Å². The fourth-order valence-electron chi connectivity index (χ4n) is 3.24. The van der Waals surface area contributed by atoms with E-state index in [1.165, 1.54) is 25.7 Å². The first kappa shape index (κ1) is 15.8. The fraction of sp³-hybridized carbons (Fsp3) is 0.929. The number of rotatable bonds is 4. The summed E-state index contributed by atoms with van der Waals surface area (Å²) < 4.78 is 0. The molecule has 2 aliphatic heterocycles. The first-order valence-electron chi connectivity index (χ1n) is 7.21. The van der Waals surface area contributed by atoms with Gasteiger partial charge in [0, 0.05) is 25.0 Å².